The van der Waals surface area contributed by atoms with Gasteiger partial charge in [-0.25, -0.2) is 9.97 Å². The Morgan fingerprint density at radius 1 is 1.18 bits per heavy atom. The number of hydrogen-bond acceptors (Lipinski definition) is 7. The van der Waals surface area contributed by atoms with Gasteiger partial charge in [-0.15, -0.1) is 11.3 Å². The number of nitrogens with one attached hydrogen (secondary N) is 1. The zero-order valence-corrected chi connectivity index (χ0v) is 16.6. The van der Waals surface area contributed by atoms with E-state index in [0.717, 1.165) is 46.4 Å². The number of carbonyl (C=O) groups is 1. The van der Waals surface area contributed by atoms with Crippen LogP contribution in [0.15, 0.2) is 30.3 Å². The van der Waals surface area contributed by atoms with Gasteiger partial charge in [0, 0.05) is 24.4 Å². The molecule has 0 radical (unpaired) electrons. The number of nitrogens with two attached hydrogens (primary N) is 1. The van der Waals surface area contributed by atoms with Crippen LogP contribution in [0.5, 0.6) is 0 Å². The first-order valence-electron chi connectivity index (χ1n) is 9.32. The normalized spacial score (nSPS) is 16.1. The minimum Gasteiger partial charge on any atom is -0.397 e. The number of benzene rings is 1. The first-order valence-corrected chi connectivity index (χ1v) is 11.0. The fourth-order valence-corrected chi connectivity index (χ4v) is 6.08. The maximum absolute atomic E-state index is 12.9. The van der Waals surface area contributed by atoms with Crippen LogP contribution in [0.25, 0.3) is 20.4 Å². The Morgan fingerprint density at radius 2 is 2.00 bits per heavy atom. The summed E-state index contributed by atoms with van der Waals surface area (Å²) < 4.78 is 1.04. The summed E-state index contributed by atoms with van der Waals surface area (Å²) in [5, 5.41) is 4.37. The summed E-state index contributed by atoms with van der Waals surface area (Å²) in [6, 6.07) is 9.96. The van der Waals surface area contributed by atoms with Crippen LogP contribution >= 0.6 is 22.7 Å². The number of piperidine rings is 1. The lowest BCUT2D eigenvalue weighted by molar-refractivity contribution is 0.103. The van der Waals surface area contributed by atoms with Gasteiger partial charge in [-0.1, -0.05) is 23.5 Å². The smallest absolute Gasteiger partial charge is 0.269 e. The number of pyridine rings is 1. The predicted molar refractivity (Wildman–Crippen MR) is 116 cm³/mol. The molecule has 28 heavy (non-hydrogen) atoms. The van der Waals surface area contributed by atoms with Crippen LogP contribution in [0.4, 0.5) is 16.5 Å². The third-order valence-electron chi connectivity index (χ3n) is 5.67. The molecule has 2 bridgehead atoms. The van der Waals surface area contributed by atoms with E-state index in [1.54, 1.807) is 0 Å². The maximum Gasteiger partial charge on any atom is 0.269 e. The van der Waals surface area contributed by atoms with Gasteiger partial charge in [-0.2, -0.15) is 0 Å². The van der Waals surface area contributed by atoms with Crippen molar-refractivity contribution in [1.29, 1.82) is 0 Å². The molecule has 3 N–H and O–H groups in total. The van der Waals surface area contributed by atoms with Gasteiger partial charge in [0.05, 0.1) is 27.3 Å². The van der Waals surface area contributed by atoms with Gasteiger partial charge in [0.2, 0.25) is 0 Å². The van der Waals surface area contributed by atoms with E-state index < -0.39 is 0 Å². The molecule has 0 unspecified atom stereocenters. The first-order chi connectivity index (χ1) is 13.7. The molecule has 7 rings (SSSR count). The van der Waals surface area contributed by atoms with Crippen LogP contribution in [0, 0.1) is 0 Å². The van der Waals surface area contributed by atoms with Crippen molar-refractivity contribution in [2.75, 3.05) is 29.0 Å². The standard InChI is InChI=1S/C20H17N5OS2/c21-15-11-9-13-16(10-5-7-25(13)8-6-10)23-19(11)28-17(15)18(26)24-20-22-12-3-1-2-4-14(12)27-20/h1-4,9-10H,5-8,21H2,(H,22,24,26). The van der Waals surface area contributed by atoms with Crippen molar-refractivity contribution >= 4 is 65.5 Å². The molecular formula is C20H17N5OS2. The van der Waals surface area contributed by atoms with E-state index in [2.05, 4.69) is 21.3 Å². The molecule has 6 nitrogen and oxygen atoms in total. The second kappa shape index (κ2) is 5.89. The molecule has 1 aromatic carbocycles. The van der Waals surface area contributed by atoms with E-state index in [4.69, 9.17) is 10.7 Å². The minimum absolute atomic E-state index is 0.221. The molecular weight excluding hydrogens is 390 g/mol. The van der Waals surface area contributed by atoms with E-state index in [1.807, 2.05) is 24.3 Å². The third-order valence-corrected chi connectivity index (χ3v) is 7.74. The quantitative estimate of drug-likeness (QED) is 0.513. The van der Waals surface area contributed by atoms with E-state index >= 15 is 0 Å². The highest BCUT2D eigenvalue weighted by Gasteiger charge is 2.33. The van der Waals surface area contributed by atoms with Gasteiger partial charge in [-0.05, 0) is 31.0 Å². The summed E-state index contributed by atoms with van der Waals surface area (Å²) in [4.78, 5) is 26.0. The Hall–Kier alpha value is -2.71. The van der Waals surface area contributed by atoms with Gasteiger partial charge in [-0.3, -0.25) is 10.1 Å². The molecule has 1 fully saturated rings. The highest BCUT2D eigenvalue weighted by Crippen LogP contribution is 2.45. The number of anilines is 3. The van der Waals surface area contributed by atoms with Crippen molar-refractivity contribution in [2.45, 2.75) is 18.8 Å². The highest BCUT2D eigenvalue weighted by molar-refractivity contribution is 7.23. The lowest BCUT2D eigenvalue weighted by Crippen LogP contribution is -2.39. The summed E-state index contributed by atoms with van der Waals surface area (Å²) in [7, 11) is 0. The molecule has 4 aromatic rings. The number of amides is 1. The topological polar surface area (TPSA) is 84.1 Å². The number of fused-ring (bicyclic) bond motifs is 4. The largest absolute Gasteiger partial charge is 0.397 e. The number of thiophene rings is 1. The molecule has 3 aliphatic rings. The maximum atomic E-state index is 12.9. The molecule has 0 spiro atoms. The Morgan fingerprint density at radius 3 is 2.82 bits per heavy atom. The van der Waals surface area contributed by atoms with Crippen LogP contribution in [-0.2, 0) is 0 Å². The van der Waals surface area contributed by atoms with Gasteiger partial charge < -0.3 is 10.6 Å². The predicted octanol–water partition coefficient (Wildman–Crippen LogP) is 4.44. The van der Waals surface area contributed by atoms with Crippen molar-refractivity contribution in [3.63, 3.8) is 0 Å². The van der Waals surface area contributed by atoms with Crippen LogP contribution in [0.3, 0.4) is 0 Å². The number of hydrogen-bond donors (Lipinski definition) is 2. The Bertz CT molecular complexity index is 1220. The second-order valence-electron chi connectivity index (χ2n) is 7.29. The molecule has 3 aromatic heterocycles. The molecule has 3 aliphatic heterocycles. The van der Waals surface area contributed by atoms with Gasteiger partial charge in [0.1, 0.15) is 9.71 Å². The summed E-state index contributed by atoms with van der Waals surface area (Å²) >= 11 is 2.83. The monoisotopic (exact) mass is 407 g/mol. The van der Waals surface area contributed by atoms with Gasteiger partial charge >= 0.3 is 0 Å². The second-order valence-corrected chi connectivity index (χ2v) is 9.32. The van der Waals surface area contributed by atoms with Crippen molar-refractivity contribution in [1.82, 2.24) is 9.97 Å². The van der Waals surface area contributed by atoms with Crippen LogP contribution < -0.4 is 16.0 Å². The number of para-hydroxylation sites is 1. The number of aromatic nitrogens is 2. The van der Waals surface area contributed by atoms with E-state index in [-0.39, 0.29) is 5.91 Å². The highest BCUT2D eigenvalue weighted by atomic mass is 32.1. The number of thiazole rings is 1. The molecule has 6 heterocycles. The van der Waals surface area contributed by atoms with Crippen molar-refractivity contribution in [3.05, 3.63) is 40.9 Å². The molecule has 0 aliphatic carbocycles. The lowest BCUT2D eigenvalue weighted by atomic mass is 9.86. The van der Waals surface area contributed by atoms with Crippen molar-refractivity contribution < 1.29 is 4.79 Å². The first kappa shape index (κ1) is 16.3. The third kappa shape index (κ3) is 2.34. The van der Waals surface area contributed by atoms with E-state index in [9.17, 15) is 4.79 Å². The molecule has 140 valence electrons. The van der Waals surface area contributed by atoms with Crippen LogP contribution in [-0.4, -0.2) is 29.0 Å². The SMILES string of the molecule is Nc1c(C(=O)Nc2nc3ccccc3s2)sc2nc3c(cc12)N1CCC3CC1. The van der Waals surface area contributed by atoms with E-state index in [1.165, 1.54) is 34.1 Å². The fraction of sp³-hybridized carbons (Fsp3) is 0.250. The molecule has 0 atom stereocenters. The molecule has 1 amide bonds. The fourth-order valence-electron chi connectivity index (χ4n) is 4.24. The minimum atomic E-state index is -0.221. The summed E-state index contributed by atoms with van der Waals surface area (Å²) in [5.41, 5.74) is 10.1. The van der Waals surface area contributed by atoms with E-state index in [0.29, 0.717) is 21.6 Å². The summed E-state index contributed by atoms with van der Waals surface area (Å²) in [6.07, 6.45) is 2.33. The summed E-state index contributed by atoms with van der Waals surface area (Å²) in [6.45, 7) is 2.17. The van der Waals surface area contributed by atoms with Gasteiger partial charge in [0.15, 0.2) is 5.13 Å². The Labute approximate surface area is 169 Å². The average Bonchev–Trinajstić information content (AvgIpc) is 3.28. The zero-order chi connectivity index (χ0) is 18.8. The number of carbonyl (C=O) groups excluding carboxylic acids is 1. The average molecular weight is 408 g/mol. The Balaban J connectivity index is 1.39. The summed E-state index contributed by atoms with van der Waals surface area (Å²) in [5.74, 6) is 0.313. The number of nitrogens with zero attached hydrogens (tertiary/aromatic N) is 3. The van der Waals surface area contributed by atoms with Crippen molar-refractivity contribution in [2.24, 2.45) is 0 Å². The van der Waals surface area contributed by atoms with Crippen molar-refractivity contribution in [3.8, 4) is 0 Å². The Kier molecular flexibility index (Phi) is 3.42. The lowest BCUT2D eigenvalue weighted by Gasteiger charge is -2.41. The number of nitrogen functional groups attached to an aromatic ring is 1. The molecule has 1 saturated heterocycles. The van der Waals surface area contributed by atoms with Crippen LogP contribution in [0.2, 0.25) is 0 Å². The van der Waals surface area contributed by atoms with Gasteiger partial charge in [0.25, 0.3) is 5.91 Å². The van der Waals surface area contributed by atoms with Crippen LogP contribution in [0.1, 0.15) is 34.1 Å². The molecule has 0 saturated carbocycles. The zero-order valence-electron chi connectivity index (χ0n) is 14.9. The number of rotatable bonds is 2. The molecule has 8 heteroatoms.